The second-order valence-corrected chi connectivity index (χ2v) is 5.79. The SMILES string of the molecule is CSCC[C@H](NC(=O)c1c(C)noc1C(C)C)C(=O)O. The molecule has 112 valence electrons. The molecule has 0 bridgehead atoms. The molecule has 0 aliphatic carbocycles. The van der Waals surface area contributed by atoms with Gasteiger partial charge < -0.3 is 14.9 Å². The van der Waals surface area contributed by atoms with E-state index in [9.17, 15) is 9.59 Å². The first-order chi connectivity index (χ1) is 9.38. The molecule has 0 aliphatic rings. The highest BCUT2D eigenvalue weighted by atomic mass is 32.2. The summed E-state index contributed by atoms with van der Waals surface area (Å²) >= 11 is 1.54. The second-order valence-electron chi connectivity index (χ2n) is 4.81. The number of rotatable bonds is 7. The van der Waals surface area contributed by atoms with E-state index in [1.165, 1.54) is 11.8 Å². The van der Waals surface area contributed by atoms with Gasteiger partial charge in [-0.05, 0) is 25.4 Å². The van der Waals surface area contributed by atoms with E-state index in [2.05, 4.69) is 10.5 Å². The van der Waals surface area contributed by atoms with Gasteiger partial charge in [-0.1, -0.05) is 19.0 Å². The fraction of sp³-hybridized carbons (Fsp3) is 0.615. The van der Waals surface area contributed by atoms with Crippen LogP contribution in [0.25, 0.3) is 0 Å². The summed E-state index contributed by atoms with van der Waals surface area (Å²) in [4.78, 5) is 23.4. The zero-order chi connectivity index (χ0) is 15.3. The van der Waals surface area contributed by atoms with Crippen LogP contribution in [0.3, 0.4) is 0 Å². The summed E-state index contributed by atoms with van der Waals surface area (Å²) in [6.07, 6.45) is 2.27. The van der Waals surface area contributed by atoms with Crippen LogP contribution in [0.2, 0.25) is 0 Å². The van der Waals surface area contributed by atoms with Crippen molar-refractivity contribution in [3.63, 3.8) is 0 Å². The van der Waals surface area contributed by atoms with Gasteiger partial charge in [-0.15, -0.1) is 0 Å². The van der Waals surface area contributed by atoms with Crippen molar-refractivity contribution in [1.29, 1.82) is 0 Å². The molecule has 6 nitrogen and oxygen atoms in total. The summed E-state index contributed by atoms with van der Waals surface area (Å²) in [6.45, 7) is 5.44. The molecule has 20 heavy (non-hydrogen) atoms. The third-order valence-electron chi connectivity index (χ3n) is 2.85. The highest BCUT2D eigenvalue weighted by molar-refractivity contribution is 7.98. The summed E-state index contributed by atoms with van der Waals surface area (Å²) < 4.78 is 5.14. The smallest absolute Gasteiger partial charge is 0.326 e. The minimum atomic E-state index is -1.03. The van der Waals surface area contributed by atoms with Gasteiger partial charge in [-0.25, -0.2) is 4.79 Å². The van der Waals surface area contributed by atoms with Crippen molar-refractivity contribution in [1.82, 2.24) is 10.5 Å². The van der Waals surface area contributed by atoms with Crippen LogP contribution in [0, 0.1) is 6.92 Å². The number of carboxylic acids is 1. The molecule has 1 amide bonds. The molecular formula is C13H20N2O4S. The van der Waals surface area contributed by atoms with Crippen molar-refractivity contribution in [3.8, 4) is 0 Å². The highest BCUT2D eigenvalue weighted by Crippen LogP contribution is 2.22. The van der Waals surface area contributed by atoms with Gasteiger partial charge in [0.2, 0.25) is 0 Å². The van der Waals surface area contributed by atoms with Gasteiger partial charge in [0.25, 0.3) is 5.91 Å². The van der Waals surface area contributed by atoms with Gasteiger partial charge in [0.05, 0.1) is 5.69 Å². The lowest BCUT2D eigenvalue weighted by Gasteiger charge is -2.14. The number of carbonyl (C=O) groups excluding carboxylic acids is 1. The highest BCUT2D eigenvalue weighted by Gasteiger charge is 2.26. The molecular weight excluding hydrogens is 280 g/mol. The van der Waals surface area contributed by atoms with Gasteiger partial charge in [0.1, 0.15) is 11.6 Å². The number of aryl methyl sites for hydroxylation is 1. The van der Waals surface area contributed by atoms with Crippen molar-refractivity contribution in [3.05, 3.63) is 17.0 Å². The molecule has 1 heterocycles. The van der Waals surface area contributed by atoms with E-state index in [1.54, 1.807) is 6.92 Å². The Balaban J connectivity index is 2.89. The second kappa shape index (κ2) is 7.33. The molecule has 1 aromatic heterocycles. The number of hydrogen-bond donors (Lipinski definition) is 2. The molecule has 1 aromatic rings. The molecule has 0 saturated heterocycles. The van der Waals surface area contributed by atoms with E-state index in [4.69, 9.17) is 9.63 Å². The molecule has 0 aromatic carbocycles. The van der Waals surface area contributed by atoms with Crippen LogP contribution in [0.4, 0.5) is 0 Å². The lowest BCUT2D eigenvalue weighted by Crippen LogP contribution is -2.41. The Bertz CT molecular complexity index is 485. The molecule has 0 fully saturated rings. The van der Waals surface area contributed by atoms with Crippen LogP contribution in [0.5, 0.6) is 0 Å². The predicted octanol–water partition coefficient (Wildman–Crippen LogP) is 2.04. The quantitative estimate of drug-likeness (QED) is 0.800. The molecule has 0 spiro atoms. The molecule has 2 N–H and O–H groups in total. The van der Waals surface area contributed by atoms with E-state index in [-0.39, 0.29) is 5.92 Å². The Labute approximate surface area is 122 Å². The van der Waals surface area contributed by atoms with Crippen molar-refractivity contribution in [2.45, 2.75) is 39.2 Å². The summed E-state index contributed by atoms with van der Waals surface area (Å²) in [7, 11) is 0. The number of carboxylic acid groups (broad SMARTS) is 1. The van der Waals surface area contributed by atoms with Gasteiger partial charge in [-0.2, -0.15) is 11.8 Å². The van der Waals surface area contributed by atoms with Gasteiger partial charge in [0.15, 0.2) is 5.76 Å². The van der Waals surface area contributed by atoms with Crippen LogP contribution >= 0.6 is 11.8 Å². The summed E-state index contributed by atoms with van der Waals surface area (Å²) in [5.41, 5.74) is 0.815. The molecule has 7 heteroatoms. The van der Waals surface area contributed by atoms with E-state index in [0.717, 1.165) is 0 Å². The summed E-state index contributed by atoms with van der Waals surface area (Å²) in [5, 5.41) is 15.5. The topological polar surface area (TPSA) is 92.4 Å². The zero-order valence-corrected chi connectivity index (χ0v) is 12.9. The van der Waals surface area contributed by atoms with Gasteiger partial charge in [-0.3, -0.25) is 4.79 Å². The average Bonchev–Trinajstić information content (AvgIpc) is 2.76. The third kappa shape index (κ3) is 4.00. The number of aromatic nitrogens is 1. The Hall–Kier alpha value is -1.50. The number of aliphatic carboxylic acids is 1. The fourth-order valence-electron chi connectivity index (χ4n) is 1.78. The molecule has 0 radical (unpaired) electrons. The maximum absolute atomic E-state index is 12.2. The van der Waals surface area contributed by atoms with Crippen LogP contribution < -0.4 is 5.32 Å². The Kier molecular flexibility index (Phi) is 6.06. The molecule has 0 saturated carbocycles. The van der Waals surface area contributed by atoms with Crippen LogP contribution in [0.1, 0.15) is 48.0 Å². The lowest BCUT2D eigenvalue weighted by atomic mass is 10.0. The van der Waals surface area contributed by atoms with Gasteiger partial charge in [0, 0.05) is 5.92 Å². The van der Waals surface area contributed by atoms with Crippen molar-refractivity contribution >= 4 is 23.6 Å². The third-order valence-corrected chi connectivity index (χ3v) is 3.50. The van der Waals surface area contributed by atoms with Crippen LogP contribution in [0.15, 0.2) is 4.52 Å². The molecule has 1 rings (SSSR count). The minimum Gasteiger partial charge on any atom is -0.480 e. The van der Waals surface area contributed by atoms with Crippen molar-refractivity contribution < 1.29 is 19.2 Å². The number of amides is 1. The number of carbonyl (C=O) groups is 2. The standard InChI is InChI=1S/C13H20N2O4S/c1-7(2)11-10(8(3)15-19-11)12(16)14-9(13(17)18)5-6-20-4/h7,9H,5-6H2,1-4H3,(H,14,16)(H,17,18)/t9-/m0/s1. The van der Waals surface area contributed by atoms with Crippen molar-refractivity contribution in [2.24, 2.45) is 0 Å². The average molecular weight is 300 g/mol. The summed E-state index contributed by atoms with van der Waals surface area (Å²) in [5.74, 6) is -0.328. The van der Waals surface area contributed by atoms with Gasteiger partial charge >= 0.3 is 5.97 Å². The Morgan fingerprint density at radius 3 is 2.60 bits per heavy atom. The van der Waals surface area contributed by atoms with Crippen molar-refractivity contribution in [2.75, 3.05) is 12.0 Å². The summed E-state index contributed by atoms with van der Waals surface area (Å²) in [6, 6.07) is -0.899. The van der Waals surface area contributed by atoms with E-state index in [1.807, 2.05) is 20.1 Å². The molecule has 0 unspecified atom stereocenters. The Morgan fingerprint density at radius 1 is 1.45 bits per heavy atom. The Morgan fingerprint density at radius 2 is 2.10 bits per heavy atom. The minimum absolute atomic E-state index is 0.00595. The number of nitrogens with one attached hydrogen (secondary N) is 1. The maximum atomic E-state index is 12.2. The number of hydrogen-bond acceptors (Lipinski definition) is 5. The van der Waals surface area contributed by atoms with E-state index < -0.39 is 17.9 Å². The van der Waals surface area contributed by atoms with Crippen LogP contribution in [-0.4, -0.2) is 40.2 Å². The normalized spacial score (nSPS) is 12.4. The number of thioether (sulfide) groups is 1. The molecule has 0 aliphatic heterocycles. The lowest BCUT2D eigenvalue weighted by molar-refractivity contribution is -0.139. The van der Waals surface area contributed by atoms with E-state index in [0.29, 0.717) is 29.2 Å². The van der Waals surface area contributed by atoms with Crippen LogP contribution in [-0.2, 0) is 4.79 Å². The zero-order valence-electron chi connectivity index (χ0n) is 12.1. The monoisotopic (exact) mass is 300 g/mol. The largest absolute Gasteiger partial charge is 0.480 e. The van der Waals surface area contributed by atoms with E-state index >= 15 is 0 Å². The number of nitrogens with zero attached hydrogens (tertiary/aromatic N) is 1. The fourth-order valence-corrected chi connectivity index (χ4v) is 2.25. The maximum Gasteiger partial charge on any atom is 0.326 e. The first kappa shape index (κ1) is 16.6. The first-order valence-corrected chi connectivity index (χ1v) is 7.76. The predicted molar refractivity (Wildman–Crippen MR) is 77.2 cm³/mol. The first-order valence-electron chi connectivity index (χ1n) is 6.37. The molecule has 1 atom stereocenters.